The van der Waals surface area contributed by atoms with Crippen molar-refractivity contribution in [1.29, 1.82) is 0 Å². The third-order valence-electron chi connectivity index (χ3n) is 3.01. The first-order chi connectivity index (χ1) is 8.13. The first-order valence-corrected chi connectivity index (χ1v) is 5.84. The summed E-state index contributed by atoms with van der Waals surface area (Å²) >= 11 is 0. The summed E-state index contributed by atoms with van der Waals surface area (Å²) in [7, 11) is 0. The van der Waals surface area contributed by atoms with Crippen molar-refractivity contribution in [3.05, 3.63) is 29.8 Å². The van der Waals surface area contributed by atoms with Crippen LogP contribution in [0, 0.1) is 0 Å². The standard InChI is InChI=1S/C13H17NO3/c1-2-10-4-3-5-11(6-10)17-13(7-12(15)16)8-14-9-13/h3-6,14H,2,7-9H2,1H3,(H,15,16). The molecule has 0 bridgehead atoms. The fourth-order valence-corrected chi connectivity index (χ4v) is 1.99. The maximum absolute atomic E-state index is 10.8. The summed E-state index contributed by atoms with van der Waals surface area (Å²) in [5.41, 5.74) is 0.623. The van der Waals surface area contributed by atoms with E-state index in [-0.39, 0.29) is 6.42 Å². The number of rotatable bonds is 5. The summed E-state index contributed by atoms with van der Waals surface area (Å²) in [4.78, 5) is 10.8. The maximum atomic E-state index is 10.8. The Kier molecular flexibility index (Phi) is 3.33. The minimum Gasteiger partial charge on any atom is -0.484 e. The molecule has 2 N–H and O–H groups in total. The molecular weight excluding hydrogens is 218 g/mol. The van der Waals surface area contributed by atoms with Crippen LogP contribution in [0.2, 0.25) is 0 Å². The molecule has 0 amide bonds. The summed E-state index contributed by atoms with van der Waals surface area (Å²) < 4.78 is 5.85. The van der Waals surface area contributed by atoms with Gasteiger partial charge in [0.2, 0.25) is 0 Å². The lowest BCUT2D eigenvalue weighted by molar-refractivity contribution is -0.143. The van der Waals surface area contributed by atoms with Crippen LogP contribution in [0.3, 0.4) is 0 Å². The quantitative estimate of drug-likeness (QED) is 0.811. The monoisotopic (exact) mass is 235 g/mol. The largest absolute Gasteiger partial charge is 0.484 e. The first-order valence-electron chi connectivity index (χ1n) is 5.84. The molecular formula is C13H17NO3. The highest BCUT2D eigenvalue weighted by Crippen LogP contribution is 2.26. The molecule has 1 aliphatic heterocycles. The van der Waals surface area contributed by atoms with Gasteiger partial charge in [-0.2, -0.15) is 0 Å². The number of hydrogen-bond donors (Lipinski definition) is 2. The molecule has 1 aromatic rings. The molecule has 0 saturated carbocycles. The second-order valence-corrected chi connectivity index (χ2v) is 4.46. The SMILES string of the molecule is CCc1cccc(OC2(CC(=O)O)CNC2)c1. The Bertz CT molecular complexity index is 413. The molecule has 1 aliphatic rings. The molecule has 1 heterocycles. The summed E-state index contributed by atoms with van der Waals surface area (Å²) in [6.45, 7) is 3.27. The van der Waals surface area contributed by atoms with Gasteiger partial charge in [-0.05, 0) is 24.1 Å². The van der Waals surface area contributed by atoms with Crippen molar-refractivity contribution < 1.29 is 14.6 Å². The normalized spacial score (nSPS) is 17.2. The van der Waals surface area contributed by atoms with Gasteiger partial charge in [-0.1, -0.05) is 19.1 Å². The Balaban J connectivity index is 2.09. The highest BCUT2D eigenvalue weighted by molar-refractivity contribution is 5.68. The smallest absolute Gasteiger partial charge is 0.307 e. The fraction of sp³-hybridized carbons (Fsp3) is 0.462. The van der Waals surface area contributed by atoms with Crippen molar-refractivity contribution in [3.63, 3.8) is 0 Å². The molecule has 0 spiro atoms. The van der Waals surface area contributed by atoms with E-state index in [0.29, 0.717) is 13.1 Å². The Labute approximate surface area is 101 Å². The van der Waals surface area contributed by atoms with Crippen molar-refractivity contribution in [1.82, 2.24) is 5.32 Å². The highest BCUT2D eigenvalue weighted by atomic mass is 16.5. The van der Waals surface area contributed by atoms with Gasteiger partial charge in [-0.3, -0.25) is 4.79 Å². The Hall–Kier alpha value is -1.55. The van der Waals surface area contributed by atoms with E-state index in [1.807, 2.05) is 24.3 Å². The molecule has 0 atom stereocenters. The van der Waals surface area contributed by atoms with E-state index in [4.69, 9.17) is 9.84 Å². The fourth-order valence-electron chi connectivity index (χ4n) is 1.99. The lowest BCUT2D eigenvalue weighted by Gasteiger charge is -2.41. The van der Waals surface area contributed by atoms with E-state index < -0.39 is 11.6 Å². The van der Waals surface area contributed by atoms with Crippen LogP contribution >= 0.6 is 0 Å². The molecule has 92 valence electrons. The van der Waals surface area contributed by atoms with Gasteiger partial charge in [-0.15, -0.1) is 0 Å². The molecule has 1 saturated heterocycles. The van der Waals surface area contributed by atoms with Crippen LogP contribution in [0.4, 0.5) is 0 Å². The predicted molar refractivity (Wildman–Crippen MR) is 64.3 cm³/mol. The van der Waals surface area contributed by atoms with Gasteiger partial charge < -0.3 is 15.2 Å². The zero-order valence-corrected chi connectivity index (χ0v) is 9.90. The third kappa shape index (κ3) is 2.77. The lowest BCUT2D eigenvalue weighted by atomic mass is 9.92. The number of nitrogens with one attached hydrogen (secondary N) is 1. The Morgan fingerprint density at radius 1 is 1.53 bits per heavy atom. The number of benzene rings is 1. The minimum atomic E-state index is -0.821. The van der Waals surface area contributed by atoms with Crippen LogP contribution in [0.25, 0.3) is 0 Å². The van der Waals surface area contributed by atoms with Crippen LogP contribution in [0.5, 0.6) is 5.75 Å². The zero-order valence-electron chi connectivity index (χ0n) is 9.90. The number of aryl methyl sites for hydroxylation is 1. The molecule has 4 nitrogen and oxygen atoms in total. The first kappa shape index (κ1) is 11.9. The average Bonchev–Trinajstić information content (AvgIpc) is 2.26. The van der Waals surface area contributed by atoms with E-state index in [2.05, 4.69) is 12.2 Å². The van der Waals surface area contributed by atoms with Crippen LogP contribution in [-0.4, -0.2) is 29.8 Å². The number of aliphatic carboxylic acids is 1. The summed E-state index contributed by atoms with van der Waals surface area (Å²) in [6, 6.07) is 7.83. The van der Waals surface area contributed by atoms with Gasteiger partial charge in [0.15, 0.2) is 0 Å². The number of hydrogen-bond acceptors (Lipinski definition) is 3. The molecule has 0 radical (unpaired) electrons. The van der Waals surface area contributed by atoms with Crippen molar-refractivity contribution in [2.75, 3.05) is 13.1 Å². The van der Waals surface area contributed by atoms with E-state index in [1.54, 1.807) is 0 Å². The molecule has 1 fully saturated rings. The van der Waals surface area contributed by atoms with Gasteiger partial charge >= 0.3 is 5.97 Å². The second kappa shape index (κ2) is 4.75. The predicted octanol–water partition coefficient (Wildman–Crippen LogP) is 1.44. The highest BCUT2D eigenvalue weighted by Gasteiger charge is 2.41. The van der Waals surface area contributed by atoms with Gasteiger partial charge in [0, 0.05) is 13.1 Å². The van der Waals surface area contributed by atoms with Crippen molar-refractivity contribution >= 4 is 5.97 Å². The van der Waals surface area contributed by atoms with Crippen molar-refractivity contribution in [2.45, 2.75) is 25.4 Å². The van der Waals surface area contributed by atoms with Gasteiger partial charge in [-0.25, -0.2) is 0 Å². The number of carbonyl (C=O) groups is 1. The molecule has 1 aromatic carbocycles. The van der Waals surface area contributed by atoms with E-state index in [0.717, 1.165) is 12.2 Å². The number of carboxylic acids is 1. The topological polar surface area (TPSA) is 58.6 Å². The number of carboxylic acid groups (broad SMARTS) is 1. The van der Waals surface area contributed by atoms with Crippen LogP contribution in [-0.2, 0) is 11.2 Å². The van der Waals surface area contributed by atoms with E-state index in [9.17, 15) is 4.79 Å². The van der Waals surface area contributed by atoms with E-state index in [1.165, 1.54) is 5.56 Å². The van der Waals surface area contributed by atoms with Gasteiger partial charge in [0.25, 0.3) is 0 Å². The molecule has 0 aliphatic carbocycles. The summed E-state index contributed by atoms with van der Waals surface area (Å²) in [5, 5.41) is 12.0. The lowest BCUT2D eigenvalue weighted by Crippen LogP contribution is -2.64. The van der Waals surface area contributed by atoms with Gasteiger partial charge in [0.1, 0.15) is 11.4 Å². The molecule has 0 aromatic heterocycles. The van der Waals surface area contributed by atoms with E-state index >= 15 is 0 Å². The van der Waals surface area contributed by atoms with Crippen molar-refractivity contribution in [3.8, 4) is 5.75 Å². The average molecular weight is 235 g/mol. The third-order valence-corrected chi connectivity index (χ3v) is 3.01. The molecule has 4 heteroatoms. The summed E-state index contributed by atoms with van der Waals surface area (Å²) in [5.74, 6) is -0.0646. The number of ether oxygens (including phenoxy) is 1. The molecule has 2 rings (SSSR count). The van der Waals surface area contributed by atoms with Gasteiger partial charge in [0.05, 0.1) is 6.42 Å². The zero-order chi connectivity index (χ0) is 12.3. The minimum absolute atomic E-state index is 0.0380. The Morgan fingerprint density at radius 3 is 2.82 bits per heavy atom. The maximum Gasteiger partial charge on any atom is 0.307 e. The second-order valence-electron chi connectivity index (χ2n) is 4.46. The summed E-state index contributed by atoms with van der Waals surface area (Å²) in [6.07, 6.45) is 0.984. The molecule has 17 heavy (non-hydrogen) atoms. The molecule has 0 unspecified atom stereocenters. The van der Waals surface area contributed by atoms with Crippen LogP contribution < -0.4 is 10.1 Å². The van der Waals surface area contributed by atoms with Crippen molar-refractivity contribution in [2.24, 2.45) is 0 Å². The Morgan fingerprint density at radius 2 is 2.29 bits per heavy atom. The van der Waals surface area contributed by atoms with Crippen LogP contribution in [0.15, 0.2) is 24.3 Å². The van der Waals surface area contributed by atoms with Crippen LogP contribution in [0.1, 0.15) is 18.9 Å².